The fourth-order valence-electron chi connectivity index (χ4n) is 5.01. The van der Waals surface area contributed by atoms with Crippen molar-refractivity contribution in [2.75, 3.05) is 19.4 Å². The van der Waals surface area contributed by atoms with Gasteiger partial charge in [-0.3, -0.25) is 0 Å². The molecule has 1 saturated carbocycles. The number of nitrogens with one attached hydrogen (secondary N) is 1. The zero-order valence-electron chi connectivity index (χ0n) is 17.1. The Morgan fingerprint density at radius 1 is 1.09 bits per heavy atom. The second kappa shape index (κ2) is 8.23. The Balaban J connectivity index is 1.95. The Morgan fingerprint density at radius 2 is 1.75 bits per heavy atom. The highest BCUT2D eigenvalue weighted by Gasteiger charge is 2.60. The van der Waals surface area contributed by atoms with Gasteiger partial charge in [0.2, 0.25) is 10.0 Å². The minimum atomic E-state index is -4.26. The van der Waals surface area contributed by atoms with Crippen molar-refractivity contribution in [3.8, 4) is 5.75 Å². The molecular formula is C21H22ClF2NO5S2. The van der Waals surface area contributed by atoms with Gasteiger partial charge in [-0.2, -0.15) is 0 Å². The van der Waals surface area contributed by atoms with Crippen LogP contribution in [-0.2, 0) is 24.6 Å². The maximum atomic E-state index is 15.2. The first-order valence-corrected chi connectivity index (χ1v) is 13.8. The van der Waals surface area contributed by atoms with Gasteiger partial charge in [-0.1, -0.05) is 18.0 Å². The summed E-state index contributed by atoms with van der Waals surface area (Å²) in [6.45, 7) is -0.215. The van der Waals surface area contributed by atoms with Crippen molar-refractivity contribution in [1.29, 1.82) is 0 Å². The third kappa shape index (κ3) is 3.81. The minimum Gasteiger partial charge on any atom is -0.490 e. The van der Waals surface area contributed by atoms with E-state index in [-0.39, 0.29) is 30.0 Å². The van der Waals surface area contributed by atoms with E-state index in [9.17, 15) is 21.2 Å². The van der Waals surface area contributed by atoms with Crippen molar-refractivity contribution in [2.24, 2.45) is 11.8 Å². The van der Waals surface area contributed by atoms with E-state index in [1.165, 1.54) is 24.3 Å². The van der Waals surface area contributed by atoms with Crippen LogP contribution >= 0.6 is 11.6 Å². The van der Waals surface area contributed by atoms with Crippen molar-refractivity contribution in [1.82, 2.24) is 4.72 Å². The van der Waals surface area contributed by atoms with Crippen LogP contribution < -0.4 is 9.46 Å². The van der Waals surface area contributed by atoms with Crippen LogP contribution in [0.25, 0.3) is 0 Å². The van der Waals surface area contributed by atoms with Crippen molar-refractivity contribution < 1.29 is 30.4 Å². The summed E-state index contributed by atoms with van der Waals surface area (Å²) in [7, 11) is -7.80. The van der Waals surface area contributed by atoms with E-state index in [4.69, 9.17) is 16.3 Å². The highest BCUT2D eigenvalue weighted by Crippen LogP contribution is 2.58. The maximum Gasteiger partial charge on any atom is 0.208 e. The molecule has 32 heavy (non-hydrogen) atoms. The van der Waals surface area contributed by atoms with Crippen molar-refractivity contribution >= 4 is 31.5 Å². The average molecular weight is 506 g/mol. The van der Waals surface area contributed by atoms with Gasteiger partial charge in [-0.25, -0.2) is 30.3 Å². The number of hydrogen-bond acceptors (Lipinski definition) is 5. The zero-order valence-corrected chi connectivity index (χ0v) is 19.5. The normalized spacial score (nSPS) is 25.5. The first kappa shape index (κ1) is 23.4. The summed E-state index contributed by atoms with van der Waals surface area (Å²) < 4.78 is 87.6. The number of rotatable bonds is 5. The third-order valence-electron chi connectivity index (χ3n) is 6.39. The largest absolute Gasteiger partial charge is 0.490 e. The lowest BCUT2D eigenvalue weighted by molar-refractivity contribution is 0.0771. The van der Waals surface area contributed by atoms with E-state index >= 15 is 4.39 Å². The van der Waals surface area contributed by atoms with Gasteiger partial charge in [0.05, 0.1) is 23.3 Å². The number of benzene rings is 2. The van der Waals surface area contributed by atoms with Crippen LogP contribution in [0.1, 0.15) is 24.8 Å². The second-order valence-electron chi connectivity index (χ2n) is 8.27. The van der Waals surface area contributed by atoms with E-state index in [2.05, 4.69) is 4.72 Å². The monoisotopic (exact) mass is 505 g/mol. The summed E-state index contributed by atoms with van der Waals surface area (Å²) in [5, 5.41) is 0.335. The molecule has 1 aliphatic heterocycles. The smallest absolute Gasteiger partial charge is 0.208 e. The predicted octanol–water partition coefficient (Wildman–Crippen LogP) is 3.65. The first-order chi connectivity index (χ1) is 15.0. The van der Waals surface area contributed by atoms with Gasteiger partial charge in [0.25, 0.3) is 0 Å². The molecule has 0 spiro atoms. The summed E-state index contributed by atoms with van der Waals surface area (Å²) in [6, 6.07) is 7.34. The summed E-state index contributed by atoms with van der Waals surface area (Å²) in [6.07, 6.45) is 1.96. The summed E-state index contributed by atoms with van der Waals surface area (Å²) in [5.74, 6) is -3.39. The van der Waals surface area contributed by atoms with Gasteiger partial charge in [0.1, 0.15) is 10.6 Å². The minimum absolute atomic E-state index is 0.0307. The lowest BCUT2D eigenvalue weighted by Crippen LogP contribution is -2.55. The lowest BCUT2D eigenvalue weighted by Gasteiger charge is -2.50. The molecule has 2 aromatic rings. The Bertz CT molecular complexity index is 1250. The van der Waals surface area contributed by atoms with Crippen molar-refractivity contribution in [3.63, 3.8) is 0 Å². The van der Waals surface area contributed by atoms with Crippen LogP contribution in [0.2, 0.25) is 5.02 Å². The standard InChI is InChI=1S/C21H22ClF2NO5S2/c1-31(26,27)25-11-13-3-2-10-21(32(28,29)15-6-4-14(22)5-7-15)16(13)12-30-20-18(24)9-8-17(23)19(20)21/h4-9,13,16,25H,2-3,10-12H2,1H3/t13-,16-,21-/m0/s1. The van der Waals surface area contributed by atoms with E-state index in [1.54, 1.807) is 0 Å². The number of ether oxygens (including phenoxy) is 1. The van der Waals surface area contributed by atoms with Crippen LogP contribution in [0.3, 0.4) is 0 Å². The molecule has 0 aromatic heterocycles. The summed E-state index contributed by atoms with van der Waals surface area (Å²) in [5.41, 5.74) is -0.326. The van der Waals surface area contributed by atoms with Crippen LogP contribution in [-0.4, -0.2) is 36.2 Å². The first-order valence-electron chi connectivity index (χ1n) is 10.0. The van der Waals surface area contributed by atoms with Crippen LogP contribution in [0.5, 0.6) is 5.75 Å². The molecule has 0 radical (unpaired) electrons. The molecule has 2 aromatic carbocycles. The Kier molecular flexibility index (Phi) is 6.02. The molecule has 3 atom stereocenters. The van der Waals surface area contributed by atoms with Crippen LogP contribution in [0.4, 0.5) is 8.78 Å². The Labute approximate surface area is 190 Å². The van der Waals surface area contributed by atoms with Gasteiger partial charge in [0.15, 0.2) is 21.4 Å². The van der Waals surface area contributed by atoms with E-state index < -0.39 is 53.8 Å². The van der Waals surface area contributed by atoms with E-state index in [0.717, 1.165) is 18.4 Å². The fraction of sp³-hybridized carbons (Fsp3) is 0.429. The Morgan fingerprint density at radius 3 is 2.41 bits per heavy atom. The highest BCUT2D eigenvalue weighted by molar-refractivity contribution is 7.92. The average Bonchev–Trinajstić information content (AvgIpc) is 2.73. The number of halogens is 3. The highest BCUT2D eigenvalue weighted by atomic mass is 35.5. The van der Waals surface area contributed by atoms with Gasteiger partial charge in [-0.05, 0) is 55.2 Å². The topological polar surface area (TPSA) is 89.5 Å². The molecule has 0 bridgehead atoms. The second-order valence-corrected chi connectivity index (χ2v) is 12.7. The van der Waals surface area contributed by atoms with Crippen LogP contribution in [0, 0.1) is 23.5 Å². The van der Waals surface area contributed by atoms with Gasteiger partial charge >= 0.3 is 0 Å². The molecule has 174 valence electrons. The summed E-state index contributed by atoms with van der Waals surface area (Å²) in [4.78, 5) is -0.0693. The molecule has 1 fully saturated rings. The van der Waals surface area contributed by atoms with Gasteiger partial charge < -0.3 is 4.74 Å². The molecule has 11 heteroatoms. The number of hydrogen-bond donors (Lipinski definition) is 1. The molecule has 1 heterocycles. The molecule has 4 rings (SSSR count). The molecular weight excluding hydrogens is 484 g/mol. The van der Waals surface area contributed by atoms with Crippen molar-refractivity contribution in [2.45, 2.75) is 28.9 Å². The molecule has 6 nitrogen and oxygen atoms in total. The van der Waals surface area contributed by atoms with E-state index in [0.29, 0.717) is 17.9 Å². The molecule has 2 aliphatic rings. The van der Waals surface area contributed by atoms with Crippen molar-refractivity contribution in [3.05, 3.63) is 58.6 Å². The molecule has 0 unspecified atom stereocenters. The predicted molar refractivity (Wildman–Crippen MR) is 116 cm³/mol. The molecule has 0 saturated heterocycles. The maximum absolute atomic E-state index is 15.2. The van der Waals surface area contributed by atoms with Gasteiger partial charge in [-0.15, -0.1) is 0 Å². The third-order valence-corrected chi connectivity index (χ3v) is 9.90. The molecule has 1 N–H and O–H groups in total. The number of sulfonamides is 1. The molecule has 1 aliphatic carbocycles. The van der Waals surface area contributed by atoms with Gasteiger partial charge in [0, 0.05) is 17.5 Å². The molecule has 0 amide bonds. The number of sulfone groups is 1. The summed E-state index contributed by atoms with van der Waals surface area (Å²) >= 11 is 5.93. The zero-order chi connectivity index (χ0) is 23.3. The lowest BCUT2D eigenvalue weighted by atomic mass is 9.67. The van der Waals surface area contributed by atoms with Crippen LogP contribution in [0.15, 0.2) is 41.3 Å². The quantitative estimate of drug-likeness (QED) is 0.670. The Hall–Kier alpha value is -1.75. The fourth-order valence-corrected chi connectivity index (χ4v) is 8.10. The van der Waals surface area contributed by atoms with E-state index in [1.807, 2.05) is 0 Å². The SMILES string of the molecule is CS(=O)(=O)NC[C@@H]1CCC[C@@]2(S(=O)(=O)c3ccc(Cl)cc3)c3c(F)ccc(F)c3OC[C@@H]12. The number of fused-ring (bicyclic) bond motifs is 3.